The number of anilines is 2. The molecular weight excluding hydrogens is 818 g/mol. The molecule has 0 radical (unpaired) electrons. The maximum absolute atomic E-state index is 12.7. The van der Waals surface area contributed by atoms with Gasteiger partial charge in [0.25, 0.3) is 11.8 Å². The van der Waals surface area contributed by atoms with E-state index in [4.69, 9.17) is 55.9 Å². The summed E-state index contributed by atoms with van der Waals surface area (Å²) < 4.78 is 10.8. The molecule has 10 nitrogen and oxygen atoms in total. The van der Waals surface area contributed by atoms with Crippen LogP contribution in [0.5, 0.6) is 11.5 Å². The number of fused-ring (bicyclic) bond motifs is 2. The quantitative estimate of drug-likeness (QED) is 0.114. The summed E-state index contributed by atoms with van der Waals surface area (Å²) in [4.78, 5) is 40.8. The van der Waals surface area contributed by atoms with Crippen LogP contribution in [0.1, 0.15) is 34.6 Å². The van der Waals surface area contributed by atoms with Crippen LogP contribution in [0.4, 0.5) is 11.4 Å². The Kier molecular flexibility index (Phi) is 12.2. The highest BCUT2D eigenvalue weighted by Crippen LogP contribution is 2.35. The van der Waals surface area contributed by atoms with E-state index < -0.39 is 0 Å². The van der Waals surface area contributed by atoms with Crippen LogP contribution in [-0.4, -0.2) is 45.0 Å². The van der Waals surface area contributed by atoms with Gasteiger partial charge >= 0.3 is 0 Å². The molecule has 0 aliphatic heterocycles. The lowest BCUT2D eigenvalue weighted by molar-refractivity contribution is 0.101. The molecule has 0 aliphatic carbocycles. The predicted molar refractivity (Wildman–Crippen MR) is 234 cm³/mol. The molecule has 2 heterocycles. The summed E-state index contributed by atoms with van der Waals surface area (Å²) >= 11 is 25.1. The van der Waals surface area contributed by atoms with Crippen LogP contribution in [0.15, 0.2) is 121 Å². The molecule has 58 heavy (non-hydrogen) atoms. The number of carbonyl (C=O) groups is 2. The van der Waals surface area contributed by atoms with Crippen LogP contribution >= 0.6 is 46.4 Å². The van der Waals surface area contributed by atoms with E-state index in [1.165, 1.54) is 0 Å². The lowest BCUT2D eigenvalue weighted by atomic mass is 10.2. The highest BCUT2D eigenvalue weighted by molar-refractivity contribution is 6.39. The van der Waals surface area contributed by atoms with Crippen molar-refractivity contribution in [2.24, 2.45) is 0 Å². The lowest BCUT2D eigenvalue weighted by Crippen LogP contribution is -2.12. The summed E-state index contributed by atoms with van der Waals surface area (Å²) in [5.74, 6) is 2.08. The maximum atomic E-state index is 12.7. The van der Waals surface area contributed by atoms with E-state index in [2.05, 4.69) is 30.6 Å². The average Bonchev–Trinajstić information content (AvgIpc) is 3.82. The van der Waals surface area contributed by atoms with E-state index in [0.717, 1.165) is 5.75 Å². The molecule has 0 bridgehead atoms. The van der Waals surface area contributed by atoms with Gasteiger partial charge < -0.3 is 30.1 Å². The van der Waals surface area contributed by atoms with Crippen LogP contribution in [0, 0.1) is 0 Å². The zero-order valence-corrected chi connectivity index (χ0v) is 34.2. The Morgan fingerprint density at radius 2 is 1.03 bits per heavy atom. The average molecular weight is 853 g/mol. The molecule has 8 aromatic rings. The van der Waals surface area contributed by atoms with Crippen LogP contribution < -0.4 is 20.1 Å². The topological polar surface area (TPSA) is 134 Å². The van der Waals surface area contributed by atoms with Crippen molar-refractivity contribution in [2.75, 3.05) is 17.7 Å². The van der Waals surface area contributed by atoms with Crippen molar-refractivity contribution < 1.29 is 19.1 Å². The van der Waals surface area contributed by atoms with E-state index in [9.17, 15) is 9.59 Å². The molecule has 2 amide bonds. The Labute approximate surface area is 353 Å². The number of rotatable bonds is 9. The van der Waals surface area contributed by atoms with Crippen molar-refractivity contribution in [3.63, 3.8) is 0 Å². The number of ether oxygens (including phenoxy) is 2. The smallest absolute Gasteiger partial charge is 0.255 e. The zero-order chi connectivity index (χ0) is 40.9. The molecule has 6 aromatic carbocycles. The van der Waals surface area contributed by atoms with Gasteiger partial charge in [-0.3, -0.25) is 9.59 Å². The fourth-order valence-corrected chi connectivity index (χ4v) is 7.14. The number of halogens is 4. The molecule has 0 saturated heterocycles. The van der Waals surface area contributed by atoms with E-state index in [0.29, 0.717) is 93.2 Å². The van der Waals surface area contributed by atoms with Crippen molar-refractivity contribution in [3.05, 3.63) is 153 Å². The van der Waals surface area contributed by atoms with E-state index in [1.807, 2.05) is 32.0 Å². The summed E-state index contributed by atoms with van der Waals surface area (Å²) in [7, 11) is 1.59. The molecule has 0 aliphatic rings. The van der Waals surface area contributed by atoms with E-state index >= 15 is 0 Å². The van der Waals surface area contributed by atoms with Gasteiger partial charge in [-0.2, -0.15) is 0 Å². The molecular formula is C44H34Cl4N6O4. The Balaban J connectivity index is 0.000000177. The number of carbonyl (C=O) groups excluding carboxylic acids is 2. The number of aromatic amines is 2. The Morgan fingerprint density at radius 1 is 0.569 bits per heavy atom. The fraction of sp³-hybridized carbons (Fsp3) is 0.0909. The standard InChI is InChI=1S/C23H19Cl2N3O2.C21H15Cl2N3O2/c1-13(2)30-16-6-3-5-15(12-16)26-23(29)14-9-10-19-20(11-14)28-22(27-19)21-17(24)7-4-8-18(21)25;1-28-14-8-6-13(7-9-14)24-21(27)12-5-10-17-18(11-12)26-20(25-17)19-15(22)3-2-4-16(19)23/h3-13H,1-2H3,(H,26,29)(H,27,28);2-11H,1H3,(H,24,27)(H,25,26). The zero-order valence-electron chi connectivity index (χ0n) is 31.2. The van der Waals surface area contributed by atoms with Crippen molar-refractivity contribution in [3.8, 4) is 34.3 Å². The van der Waals surface area contributed by atoms with Crippen molar-refractivity contribution in [1.29, 1.82) is 0 Å². The second kappa shape index (κ2) is 17.6. The third kappa shape index (κ3) is 9.22. The Hall–Kier alpha value is -6.04. The normalized spacial score (nSPS) is 11.0. The third-order valence-electron chi connectivity index (χ3n) is 8.70. The van der Waals surface area contributed by atoms with Crippen LogP contribution in [-0.2, 0) is 0 Å². The number of methoxy groups -OCH3 is 1. The van der Waals surface area contributed by atoms with Gasteiger partial charge in [0.15, 0.2) is 0 Å². The first-order chi connectivity index (χ1) is 27.9. The van der Waals surface area contributed by atoms with E-state index in [-0.39, 0.29) is 17.9 Å². The van der Waals surface area contributed by atoms with Crippen molar-refractivity contribution in [1.82, 2.24) is 19.9 Å². The van der Waals surface area contributed by atoms with Gasteiger partial charge in [-0.05, 0) is 111 Å². The molecule has 0 saturated carbocycles. The first kappa shape index (κ1) is 40.2. The largest absolute Gasteiger partial charge is 0.497 e. The van der Waals surface area contributed by atoms with Crippen molar-refractivity contribution >= 4 is 91.7 Å². The van der Waals surface area contributed by atoms with Gasteiger partial charge in [-0.1, -0.05) is 64.6 Å². The second-order valence-corrected chi connectivity index (χ2v) is 14.8. The summed E-state index contributed by atoms with van der Waals surface area (Å²) in [5, 5.41) is 7.77. The van der Waals surface area contributed by atoms with Gasteiger partial charge in [0.1, 0.15) is 23.1 Å². The molecule has 14 heteroatoms. The minimum atomic E-state index is -0.231. The third-order valence-corrected chi connectivity index (χ3v) is 9.96. The van der Waals surface area contributed by atoms with Gasteiger partial charge in [0.05, 0.1) is 66.5 Å². The summed E-state index contributed by atoms with van der Waals surface area (Å²) in [6, 6.07) is 35.5. The van der Waals surface area contributed by atoms with Gasteiger partial charge in [0, 0.05) is 28.6 Å². The molecule has 4 N–H and O–H groups in total. The molecule has 0 unspecified atom stereocenters. The predicted octanol–water partition coefficient (Wildman–Crippen LogP) is 12.4. The molecule has 0 spiro atoms. The number of nitrogens with zero attached hydrogens (tertiary/aromatic N) is 2. The SMILES string of the molecule is CC(C)Oc1cccc(NC(=O)c2ccc3nc(-c4c(Cl)cccc4Cl)[nH]c3c2)c1.COc1ccc(NC(=O)c2ccc3nc(-c4c(Cl)cccc4Cl)[nH]c3c2)cc1. The fourth-order valence-electron chi connectivity index (χ4n) is 5.99. The van der Waals surface area contributed by atoms with Crippen LogP contribution in [0.2, 0.25) is 20.1 Å². The summed E-state index contributed by atoms with van der Waals surface area (Å²) in [6.45, 7) is 3.91. The molecule has 0 fully saturated rings. The lowest BCUT2D eigenvalue weighted by Gasteiger charge is -2.11. The summed E-state index contributed by atoms with van der Waals surface area (Å²) in [5.41, 5.74) is 6.46. The summed E-state index contributed by atoms with van der Waals surface area (Å²) in [6.07, 6.45) is 0.0551. The first-order valence-electron chi connectivity index (χ1n) is 17.9. The number of amides is 2. The minimum absolute atomic E-state index is 0.0551. The Morgan fingerprint density at radius 3 is 1.50 bits per heavy atom. The van der Waals surface area contributed by atoms with Gasteiger partial charge in [-0.25, -0.2) is 9.97 Å². The maximum Gasteiger partial charge on any atom is 0.255 e. The number of aromatic nitrogens is 4. The van der Waals surface area contributed by atoms with Crippen LogP contribution in [0.25, 0.3) is 44.8 Å². The van der Waals surface area contributed by atoms with Crippen LogP contribution in [0.3, 0.4) is 0 Å². The van der Waals surface area contributed by atoms with Gasteiger partial charge in [-0.15, -0.1) is 0 Å². The molecule has 0 atom stereocenters. The monoisotopic (exact) mass is 850 g/mol. The van der Waals surface area contributed by atoms with Gasteiger partial charge in [0.2, 0.25) is 0 Å². The number of imidazole rings is 2. The number of hydrogen-bond acceptors (Lipinski definition) is 6. The molecule has 292 valence electrons. The number of H-pyrrole nitrogens is 2. The number of benzene rings is 6. The highest BCUT2D eigenvalue weighted by atomic mass is 35.5. The Bertz CT molecular complexity index is 2740. The first-order valence-corrected chi connectivity index (χ1v) is 19.4. The molecule has 8 rings (SSSR count). The number of nitrogens with one attached hydrogen (secondary N) is 4. The number of hydrogen-bond donors (Lipinski definition) is 4. The second-order valence-electron chi connectivity index (χ2n) is 13.2. The minimum Gasteiger partial charge on any atom is -0.497 e. The van der Waals surface area contributed by atoms with Crippen molar-refractivity contribution in [2.45, 2.75) is 20.0 Å². The highest BCUT2D eigenvalue weighted by Gasteiger charge is 2.16. The molecule has 2 aromatic heterocycles. The van der Waals surface area contributed by atoms with E-state index in [1.54, 1.807) is 110 Å².